The zero-order chi connectivity index (χ0) is 6.15. The number of rotatable bonds is 0. The lowest BCUT2D eigenvalue weighted by Gasteiger charge is -1.85. The van der Waals surface area contributed by atoms with E-state index >= 15 is 0 Å². The number of thiophene rings is 1. The Kier molecular flexibility index (Phi) is 1.31. The minimum Gasteiger partial charge on any atom is -0.395 e. The molecule has 0 fully saturated rings. The second-order valence-corrected chi connectivity index (χ2v) is 2.68. The van der Waals surface area contributed by atoms with Crippen molar-refractivity contribution in [2.45, 2.75) is 0 Å². The van der Waals surface area contributed by atoms with Gasteiger partial charge in [-0.05, 0) is 0 Å². The van der Waals surface area contributed by atoms with Crippen molar-refractivity contribution >= 4 is 33.6 Å². The number of nitrogens with two attached hydrogens (primary N) is 2. The quantitative estimate of drug-likeness (QED) is 0.587. The van der Waals surface area contributed by atoms with Crippen LogP contribution in [-0.2, 0) is 0 Å². The summed E-state index contributed by atoms with van der Waals surface area (Å²) in [5.74, 6) is 0. The molecule has 0 spiro atoms. The van der Waals surface area contributed by atoms with Crippen LogP contribution in [0, 0.1) is 0 Å². The molecule has 0 bridgehead atoms. The first-order chi connectivity index (χ1) is 3.72. The van der Waals surface area contributed by atoms with Crippen molar-refractivity contribution in [2.24, 2.45) is 0 Å². The normalized spacial score (nSPS) is 9.62. The molecule has 44 valence electrons. The van der Waals surface area contributed by atoms with Gasteiger partial charge in [-0.3, -0.25) is 0 Å². The SMILES string of the molecule is Nc1scc(Cl)c1N. The van der Waals surface area contributed by atoms with Crippen molar-refractivity contribution in [3.8, 4) is 0 Å². The summed E-state index contributed by atoms with van der Waals surface area (Å²) in [6, 6.07) is 0. The monoisotopic (exact) mass is 148 g/mol. The van der Waals surface area contributed by atoms with Crippen molar-refractivity contribution in [2.75, 3.05) is 11.5 Å². The number of hydrogen-bond acceptors (Lipinski definition) is 3. The van der Waals surface area contributed by atoms with Gasteiger partial charge in [-0.15, -0.1) is 11.3 Å². The van der Waals surface area contributed by atoms with E-state index in [1.807, 2.05) is 0 Å². The maximum absolute atomic E-state index is 5.53. The van der Waals surface area contributed by atoms with E-state index in [0.717, 1.165) is 0 Å². The number of anilines is 2. The Labute approximate surface area is 56.1 Å². The molecule has 4 heteroatoms. The third-order valence-corrected chi connectivity index (χ3v) is 2.08. The lowest BCUT2D eigenvalue weighted by molar-refractivity contribution is 1.84. The van der Waals surface area contributed by atoms with Gasteiger partial charge in [-0.2, -0.15) is 0 Å². The van der Waals surface area contributed by atoms with Gasteiger partial charge in [0.1, 0.15) is 5.00 Å². The molecule has 1 heterocycles. The maximum atomic E-state index is 5.53. The summed E-state index contributed by atoms with van der Waals surface area (Å²) in [7, 11) is 0. The summed E-state index contributed by atoms with van der Waals surface area (Å²) in [5.41, 5.74) is 11.2. The van der Waals surface area contributed by atoms with E-state index in [0.29, 0.717) is 15.7 Å². The highest BCUT2D eigenvalue weighted by Crippen LogP contribution is 2.30. The van der Waals surface area contributed by atoms with Crippen molar-refractivity contribution in [3.05, 3.63) is 10.4 Å². The molecular weight excluding hydrogens is 144 g/mol. The largest absolute Gasteiger partial charge is 0.395 e. The minimum atomic E-state index is 0.497. The van der Waals surface area contributed by atoms with Crippen LogP contribution in [-0.4, -0.2) is 0 Å². The minimum absolute atomic E-state index is 0.497. The van der Waals surface area contributed by atoms with Crippen LogP contribution in [0.1, 0.15) is 0 Å². The van der Waals surface area contributed by atoms with Crippen LogP contribution in [0.25, 0.3) is 0 Å². The van der Waals surface area contributed by atoms with Crippen LogP contribution in [0.5, 0.6) is 0 Å². The molecule has 0 atom stereocenters. The molecule has 0 unspecified atom stereocenters. The molecule has 0 aliphatic heterocycles. The molecule has 0 radical (unpaired) electrons. The number of nitrogen functional groups attached to an aromatic ring is 2. The van der Waals surface area contributed by atoms with Crippen LogP contribution in [0.15, 0.2) is 5.38 Å². The second-order valence-electron chi connectivity index (χ2n) is 1.36. The van der Waals surface area contributed by atoms with Crippen LogP contribution >= 0.6 is 22.9 Å². The van der Waals surface area contributed by atoms with E-state index in [1.165, 1.54) is 11.3 Å². The van der Waals surface area contributed by atoms with E-state index in [2.05, 4.69) is 0 Å². The van der Waals surface area contributed by atoms with Gasteiger partial charge in [0.15, 0.2) is 0 Å². The molecule has 4 N–H and O–H groups in total. The lowest BCUT2D eigenvalue weighted by atomic mass is 10.5. The Morgan fingerprint density at radius 1 is 1.50 bits per heavy atom. The molecule has 8 heavy (non-hydrogen) atoms. The van der Waals surface area contributed by atoms with Crippen LogP contribution in [0.3, 0.4) is 0 Å². The topological polar surface area (TPSA) is 52.0 Å². The average molecular weight is 149 g/mol. The van der Waals surface area contributed by atoms with Crippen molar-refractivity contribution in [1.29, 1.82) is 0 Å². The summed E-state index contributed by atoms with van der Waals surface area (Å²) in [6.45, 7) is 0. The Morgan fingerprint density at radius 3 is 2.25 bits per heavy atom. The molecule has 0 saturated heterocycles. The molecule has 1 aromatic rings. The zero-order valence-electron chi connectivity index (χ0n) is 4.02. The standard InChI is InChI=1S/C4H5ClN2S/c5-2-1-8-4(7)3(2)6/h1H,6-7H2. The van der Waals surface area contributed by atoms with Gasteiger partial charge in [0.05, 0.1) is 10.7 Å². The molecule has 0 aliphatic carbocycles. The molecule has 1 rings (SSSR count). The summed E-state index contributed by atoms with van der Waals surface area (Å²) < 4.78 is 0. The fourth-order valence-corrected chi connectivity index (χ4v) is 1.25. The Bertz CT molecular complexity index is 176. The van der Waals surface area contributed by atoms with Crippen LogP contribution in [0.2, 0.25) is 5.02 Å². The Morgan fingerprint density at radius 2 is 2.12 bits per heavy atom. The van der Waals surface area contributed by atoms with Gasteiger partial charge >= 0.3 is 0 Å². The van der Waals surface area contributed by atoms with Gasteiger partial charge < -0.3 is 11.5 Å². The van der Waals surface area contributed by atoms with Crippen LogP contribution < -0.4 is 11.5 Å². The zero-order valence-corrected chi connectivity index (χ0v) is 5.59. The van der Waals surface area contributed by atoms with Gasteiger partial charge in [0, 0.05) is 5.38 Å². The molecule has 2 nitrogen and oxygen atoms in total. The number of halogens is 1. The van der Waals surface area contributed by atoms with Crippen LogP contribution in [0.4, 0.5) is 10.7 Å². The first kappa shape index (κ1) is 5.72. The fraction of sp³-hybridized carbons (Fsp3) is 0. The van der Waals surface area contributed by atoms with E-state index in [-0.39, 0.29) is 0 Å². The van der Waals surface area contributed by atoms with Gasteiger partial charge in [0.25, 0.3) is 0 Å². The van der Waals surface area contributed by atoms with E-state index in [4.69, 9.17) is 23.1 Å². The van der Waals surface area contributed by atoms with E-state index < -0.39 is 0 Å². The third-order valence-electron chi connectivity index (χ3n) is 0.812. The predicted molar refractivity (Wildman–Crippen MR) is 38.2 cm³/mol. The van der Waals surface area contributed by atoms with E-state index in [1.54, 1.807) is 5.38 Å². The second kappa shape index (κ2) is 1.84. The van der Waals surface area contributed by atoms with Gasteiger partial charge in [-0.25, -0.2) is 0 Å². The van der Waals surface area contributed by atoms with Crippen molar-refractivity contribution in [3.63, 3.8) is 0 Å². The highest BCUT2D eigenvalue weighted by Gasteiger charge is 1.99. The summed E-state index contributed by atoms with van der Waals surface area (Å²) in [6.07, 6.45) is 0. The molecule has 0 saturated carbocycles. The highest BCUT2D eigenvalue weighted by atomic mass is 35.5. The first-order valence-corrected chi connectivity index (χ1v) is 3.25. The molecule has 1 aromatic heterocycles. The van der Waals surface area contributed by atoms with Gasteiger partial charge in [0.2, 0.25) is 0 Å². The summed E-state index contributed by atoms with van der Waals surface area (Å²) in [5, 5.41) is 2.86. The third kappa shape index (κ3) is 0.743. The Hall–Kier alpha value is -0.410. The predicted octanol–water partition coefficient (Wildman–Crippen LogP) is 1.57. The molecule has 0 amide bonds. The summed E-state index contributed by atoms with van der Waals surface area (Å²) >= 11 is 6.89. The fourth-order valence-electron chi connectivity index (χ4n) is 0.360. The molecule has 0 aromatic carbocycles. The van der Waals surface area contributed by atoms with Crippen molar-refractivity contribution in [1.82, 2.24) is 0 Å². The van der Waals surface area contributed by atoms with Crippen molar-refractivity contribution < 1.29 is 0 Å². The van der Waals surface area contributed by atoms with Gasteiger partial charge in [-0.1, -0.05) is 11.6 Å². The molecule has 0 aliphatic rings. The summed E-state index contributed by atoms with van der Waals surface area (Å²) in [4.78, 5) is 0. The first-order valence-electron chi connectivity index (χ1n) is 1.99. The smallest absolute Gasteiger partial charge is 0.111 e. The number of hydrogen-bond donors (Lipinski definition) is 2. The lowest BCUT2D eigenvalue weighted by Crippen LogP contribution is -1.87. The molecular formula is C4H5ClN2S. The average Bonchev–Trinajstić information content (AvgIpc) is 1.98. The Balaban J connectivity index is 3.19. The van der Waals surface area contributed by atoms with E-state index in [9.17, 15) is 0 Å². The maximum Gasteiger partial charge on any atom is 0.111 e. The highest BCUT2D eigenvalue weighted by molar-refractivity contribution is 7.15.